The molecule has 1 aromatic carbocycles. The van der Waals surface area contributed by atoms with Crippen LogP contribution in [0.25, 0.3) is 11.3 Å². The number of benzene rings is 1. The molecule has 1 amide bonds. The number of hydrogen-bond acceptors (Lipinski definition) is 6. The quantitative estimate of drug-likeness (QED) is 0.391. The summed E-state index contributed by atoms with van der Waals surface area (Å²) < 4.78 is 13.2. The van der Waals surface area contributed by atoms with Crippen molar-refractivity contribution in [2.75, 3.05) is 45.2 Å². The van der Waals surface area contributed by atoms with Gasteiger partial charge in [-0.2, -0.15) is 5.10 Å². The van der Waals surface area contributed by atoms with Gasteiger partial charge < -0.3 is 14.7 Å². The number of carbonyl (C=O) groups is 1. The Morgan fingerprint density at radius 1 is 1.12 bits per heavy atom. The average molecular weight is 457 g/mol. The highest BCUT2D eigenvalue weighted by Crippen LogP contribution is 2.32. The van der Waals surface area contributed by atoms with Crippen molar-refractivity contribution in [3.63, 3.8) is 0 Å². The molecule has 2 fully saturated rings. The summed E-state index contributed by atoms with van der Waals surface area (Å²) in [5.74, 6) is 2.58. The summed E-state index contributed by atoms with van der Waals surface area (Å²) in [6.07, 6.45) is 0. The summed E-state index contributed by atoms with van der Waals surface area (Å²) in [4.78, 5) is 22.5. The van der Waals surface area contributed by atoms with E-state index in [1.165, 1.54) is 23.5 Å². The minimum atomic E-state index is -0.262. The van der Waals surface area contributed by atoms with Gasteiger partial charge in [-0.25, -0.2) is 9.37 Å². The number of thiazole rings is 1. The predicted octanol–water partition coefficient (Wildman–Crippen LogP) is 3.53. The molecule has 0 saturated carbocycles. The summed E-state index contributed by atoms with van der Waals surface area (Å²) in [7, 11) is 3.79. The van der Waals surface area contributed by atoms with Crippen LogP contribution in [-0.2, 0) is 4.79 Å². The van der Waals surface area contributed by atoms with Crippen molar-refractivity contribution >= 4 is 28.2 Å². The Kier molecular flexibility index (Phi) is 6.19. The number of likely N-dealkylation sites (tertiary alicyclic amines) is 2. The van der Waals surface area contributed by atoms with E-state index in [-0.39, 0.29) is 11.7 Å². The second kappa shape index (κ2) is 8.90. The Bertz CT molecular complexity index is 1020. The lowest BCUT2D eigenvalue weighted by molar-refractivity contribution is -0.128. The van der Waals surface area contributed by atoms with Gasteiger partial charge in [0, 0.05) is 70.0 Å². The zero-order valence-electron chi connectivity index (χ0n) is 19.0. The van der Waals surface area contributed by atoms with Gasteiger partial charge in [0.05, 0.1) is 5.69 Å². The summed E-state index contributed by atoms with van der Waals surface area (Å²) >= 11 is 1.50. The molecule has 0 N–H and O–H groups in total. The van der Waals surface area contributed by atoms with Gasteiger partial charge in [0.1, 0.15) is 17.5 Å². The van der Waals surface area contributed by atoms with Crippen LogP contribution in [0.1, 0.15) is 13.8 Å². The second-order valence-electron chi connectivity index (χ2n) is 8.52. The molecule has 0 spiro atoms. The standard InChI is InChI=1S/C23H29FN6OS/c1-15(29-10-19-12-30(17(3)31)13-20(19)11-29)26-28(5)16(2)27(4)23-25-22(14-32-23)18-6-8-21(24)9-7-18/h6-9,14,19-20H,2,10-13H2,1,3-5H3. The fourth-order valence-corrected chi connectivity index (χ4v) is 5.17. The first-order valence-corrected chi connectivity index (χ1v) is 11.5. The van der Waals surface area contributed by atoms with Crippen LogP contribution in [0, 0.1) is 17.7 Å². The Labute approximate surface area is 192 Å². The molecule has 32 heavy (non-hydrogen) atoms. The van der Waals surface area contributed by atoms with Crippen molar-refractivity contribution < 1.29 is 9.18 Å². The van der Waals surface area contributed by atoms with E-state index >= 15 is 0 Å². The molecule has 3 heterocycles. The van der Waals surface area contributed by atoms with Crippen LogP contribution in [0.5, 0.6) is 0 Å². The largest absolute Gasteiger partial charge is 0.358 e. The molecule has 2 saturated heterocycles. The van der Waals surface area contributed by atoms with E-state index in [2.05, 4.69) is 16.5 Å². The topological polar surface area (TPSA) is 55.3 Å². The van der Waals surface area contributed by atoms with Gasteiger partial charge in [0.15, 0.2) is 5.13 Å². The Morgan fingerprint density at radius 2 is 1.72 bits per heavy atom. The number of anilines is 1. The maximum atomic E-state index is 13.2. The van der Waals surface area contributed by atoms with Crippen LogP contribution >= 0.6 is 11.3 Å². The van der Waals surface area contributed by atoms with Gasteiger partial charge in [-0.15, -0.1) is 11.3 Å². The average Bonchev–Trinajstić information content (AvgIpc) is 3.48. The first-order valence-electron chi connectivity index (χ1n) is 10.7. The highest BCUT2D eigenvalue weighted by Gasteiger charge is 2.41. The summed E-state index contributed by atoms with van der Waals surface area (Å²) in [6, 6.07) is 6.33. The molecule has 2 unspecified atom stereocenters. The number of amides is 1. The monoisotopic (exact) mass is 456 g/mol. The molecule has 2 aliphatic rings. The van der Waals surface area contributed by atoms with Gasteiger partial charge in [-0.05, 0) is 31.2 Å². The first-order chi connectivity index (χ1) is 15.2. The van der Waals surface area contributed by atoms with Gasteiger partial charge in [-0.3, -0.25) is 9.80 Å². The van der Waals surface area contributed by atoms with Crippen LogP contribution in [0.2, 0.25) is 0 Å². The lowest BCUT2D eigenvalue weighted by Crippen LogP contribution is -2.35. The number of rotatable bonds is 5. The Balaban J connectivity index is 1.38. The van der Waals surface area contributed by atoms with E-state index in [0.717, 1.165) is 48.4 Å². The predicted molar refractivity (Wildman–Crippen MR) is 127 cm³/mol. The van der Waals surface area contributed by atoms with Crippen molar-refractivity contribution in [1.29, 1.82) is 0 Å². The van der Waals surface area contributed by atoms with E-state index in [9.17, 15) is 9.18 Å². The molecule has 2 aromatic rings. The highest BCUT2D eigenvalue weighted by molar-refractivity contribution is 7.14. The van der Waals surface area contributed by atoms with Crippen molar-refractivity contribution in [2.45, 2.75) is 13.8 Å². The normalized spacial score (nSPS) is 20.5. The molecular weight excluding hydrogens is 427 g/mol. The fourth-order valence-electron chi connectivity index (χ4n) is 4.35. The van der Waals surface area contributed by atoms with Crippen molar-refractivity contribution in [1.82, 2.24) is 19.8 Å². The number of nitrogens with zero attached hydrogens (tertiary/aromatic N) is 6. The lowest BCUT2D eigenvalue weighted by Gasteiger charge is -2.27. The van der Waals surface area contributed by atoms with Gasteiger partial charge >= 0.3 is 0 Å². The summed E-state index contributed by atoms with van der Waals surface area (Å²) in [5.41, 5.74) is 1.67. The van der Waals surface area contributed by atoms with Crippen LogP contribution in [0.3, 0.4) is 0 Å². The molecule has 2 aliphatic heterocycles. The van der Waals surface area contributed by atoms with Gasteiger partial charge in [0.25, 0.3) is 0 Å². The maximum absolute atomic E-state index is 13.2. The van der Waals surface area contributed by atoms with Gasteiger partial charge in [-0.1, -0.05) is 6.58 Å². The molecule has 0 aliphatic carbocycles. The lowest BCUT2D eigenvalue weighted by atomic mass is 10.0. The zero-order valence-corrected chi connectivity index (χ0v) is 19.8. The molecular formula is C23H29FN6OS. The van der Waals surface area contributed by atoms with E-state index in [4.69, 9.17) is 5.10 Å². The Morgan fingerprint density at radius 3 is 2.31 bits per heavy atom. The van der Waals surface area contributed by atoms with E-state index in [1.54, 1.807) is 24.1 Å². The van der Waals surface area contributed by atoms with Crippen LogP contribution in [0.15, 0.2) is 47.1 Å². The number of aromatic nitrogens is 1. The van der Waals surface area contributed by atoms with Crippen molar-refractivity contribution in [3.8, 4) is 11.3 Å². The number of fused-ring (bicyclic) bond motifs is 1. The molecule has 9 heteroatoms. The molecule has 0 bridgehead atoms. The number of carbonyl (C=O) groups excluding carboxylic acids is 1. The molecule has 7 nitrogen and oxygen atoms in total. The highest BCUT2D eigenvalue weighted by atomic mass is 32.1. The van der Waals surface area contributed by atoms with Crippen LogP contribution in [-0.4, -0.2) is 71.8 Å². The smallest absolute Gasteiger partial charge is 0.219 e. The third kappa shape index (κ3) is 4.48. The number of halogens is 1. The van der Waals surface area contributed by atoms with E-state index < -0.39 is 0 Å². The zero-order chi connectivity index (χ0) is 23.0. The Hall–Kier alpha value is -2.94. The molecule has 0 radical (unpaired) electrons. The minimum absolute atomic E-state index is 0.167. The number of hydrogen-bond donors (Lipinski definition) is 0. The fraction of sp³-hybridized carbons (Fsp3) is 0.435. The van der Waals surface area contributed by atoms with Crippen LogP contribution in [0.4, 0.5) is 9.52 Å². The van der Waals surface area contributed by atoms with Gasteiger partial charge in [0.2, 0.25) is 5.91 Å². The molecule has 4 rings (SSSR count). The molecule has 2 atom stereocenters. The first kappa shape index (κ1) is 22.3. The summed E-state index contributed by atoms with van der Waals surface area (Å²) in [5, 5.41) is 9.26. The third-order valence-corrected chi connectivity index (χ3v) is 7.28. The molecule has 1 aromatic heterocycles. The number of hydrazone groups is 1. The summed E-state index contributed by atoms with van der Waals surface area (Å²) in [6.45, 7) is 11.4. The second-order valence-corrected chi connectivity index (χ2v) is 9.35. The van der Waals surface area contributed by atoms with Crippen LogP contribution < -0.4 is 4.90 Å². The third-order valence-electron chi connectivity index (χ3n) is 6.36. The van der Waals surface area contributed by atoms with Crippen molar-refractivity contribution in [2.24, 2.45) is 16.9 Å². The van der Waals surface area contributed by atoms with E-state index in [1.807, 2.05) is 36.2 Å². The molecule has 170 valence electrons. The number of amidine groups is 1. The van der Waals surface area contributed by atoms with E-state index in [0.29, 0.717) is 17.7 Å². The maximum Gasteiger partial charge on any atom is 0.219 e. The minimum Gasteiger partial charge on any atom is -0.358 e. The SMILES string of the molecule is C=C(N(C)N=C(C)N1CC2CN(C(C)=O)CC2C1)N(C)c1nc(-c2ccc(F)cc2)cs1. The van der Waals surface area contributed by atoms with Crippen molar-refractivity contribution in [3.05, 3.63) is 47.9 Å².